The lowest BCUT2D eigenvalue weighted by atomic mass is 10.3. The number of carbonyl (C=O) groups is 3. The predicted octanol–water partition coefficient (Wildman–Crippen LogP) is 1.53. The summed E-state index contributed by atoms with van der Waals surface area (Å²) in [5.74, 6) is -3.30. The largest absolute Gasteiger partial charge is 0.456 e. The van der Waals surface area contributed by atoms with Crippen LogP contribution in [-0.2, 0) is 23.9 Å². The third-order valence-corrected chi connectivity index (χ3v) is 3.52. The molecule has 0 aromatic heterocycles. The first-order chi connectivity index (χ1) is 8.66. The molecule has 0 N–H and O–H groups in total. The van der Waals surface area contributed by atoms with Crippen LogP contribution < -0.4 is 0 Å². The zero-order valence-corrected chi connectivity index (χ0v) is 10.4. The first-order valence-electron chi connectivity index (χ1n) is 6.63. The summed E-state index contributed by atoms with van der Waals surface area (Å²) in [6.07, 6.45) is 6.68. The molecule has 0 aromatic rings. The van der Waals surface area contributed by atoms with Crippen LogP contribution >= 0.6 is 0 Å². The molecule has 5 nitrogen and oxygen atoms in total. The van der Waals surface area contributed by atoms with Gasteiger partial charge in [0.1, 0.15) is 12.2 Å². The van der Waals surface area contributed by atoms with Gasteiger partial charge in [-0.05, 0) is 51.4 Å². The number of rotatable bonds is 4. The average Bonchev–Trinajstić information content (AvgIpc) is 3.01. The molecule has 2 rings (SSSR count). The Hall–Kier alpha value is -1.39. The van der Waals surface area contributed by atoms with Gasteiger partial charge in [0.25, 0.3) is 0 Å². The van der Waals surface area contributed by atoms with Gasteiger partial charge in [0.05, 0.1) is 0 Å². The minimum absolute atomic E-state index is 0.208. The molecule has 2 aliphatic rings. The molecule has 0 bridgehead atoms. The van der Waals surface area contributed by atoms with Crippen LogP contribution in [0.3, 0.4) is 0 Å². The fourth-order valence-corrected chi connectivity index (χ4v) is 2.51. The van der Waals surface area contributed by atoms with Crippen LogP contribution in [0.15, 0.2) is 0 Å². The number of esters is 2. The van der Waals surface area contributed by atoms with Gasteiger partial charge in [0.2, 0.25) is 0 Å². The van der Waals surface area contributed by atoms with Crippen LogP contribution in [0.4, 0.5) is 0 Å². The fourth-order valence-electron chi connectivity index (χ4n) is 2.51. The van der Waals surface area contributed by atoms with Gasteiger partial charge in [-0.15, -0.1) is 0 Å². The van der Waals surface area contributed by atoms with E-state index in [1.54, 1.807) is 0 Å². The smallest absolute Gasteiger partial charge is 0.387 e. The van der Waals surface area contributed by atoms with Crippen molar-refractivity contribution >= 4 is 17.7 Å². The van der Waals surface area contributed by atoms with Gasteiger partial charge in [-0.2, -0.15) is 0 Å². The lowest BCUT2D eigenvalue weighted by molar-refractivity contribution is -0.168. The highest BCUT2D eigenvalue weighted by atomic mass is 16.6. The molecular formula is C13H18O5. The van der Waals surface area contributed by atoms with E-state index in [1.165, 1.54) is 0 Å². The van der Waals surface area contributed by atoms with Crippen LogP contribution in [0, 0.1) is 0 Å². The van der Waals surface area contributed by atoms with Crippen LogP contribution in [0.1, 0.15) is 51.4 Å². The van der Waals surface area contributed by atoms with E-state index in [0.717, 1.165) is 51.4 Å². The molecule has 0 aromatic carbocycles. The summed E-state index contributed by atoms with van der Waals surface area (Å²) in [6, 6.07) is 0. The highest BCUT2D eigenvalue weighted by Crippen LogP contribution is 2.22. The zero-order valence-electron chi connectivity index (χ0n) is 10.4. The van der Waals surface area contributed by atoms with E-state index in [2.05, 4.69) is 0 Å². The Morgan fingerprint density at radius 1 is 0.667 bits per heavy atom. The van der Waals surface area contributed by atoms with Gasteiger partial charge in [-0.1, -0.05) is 0 Å². The summed E-state index contributed by atoms with van der Waals surface area (Å²) in [6.45, 7) is 0. The number of hydrogen-bond acceptors (Lipinski definition) is 5. The standard InChI is InChI=1S/C13H18O5/c14-11(12(15)17-9-5-1-2-6-9)13(16)18-10-7-3-4-8-10/h9-10H,1-8H2. The summed E-state index contributed by atoms with van der Waals surface area (Å²) in [4.78, 5) is 34.4. The summed E-state index contributed by atoms with van der Waals surface area (Å²) in [7, 11) is 0. The second-order valence-electron chi connectivity index (χ2n) is 4.95. The van der Waals surface area contributed by atoms with Crippen molar-refractivity contribution in [3.05, 3.63) is 0 Å². The third kappa shape index (κ3) is 3.31. The van der Waals surface area contributed by atoms with E-state index in [4.69, 9.17) is 9.47 Å². The molecule has 0 unspecified atom stereocenters. The minimum Gasteiger partial charge on any atom is -0.456 e. The highest BCUT2D eigenvalue weighted by Gasteiger charge is 2.32. The molecule has 0 saturated heterocycles. The van der Waals surface area contributed by atoms with E-state index in [9.17, 15) is 14.4 Å². The number of hydrogen-bond donors (Lipinski definition) is 0. The van der Waals surface area contributed by atoms with E-state index in [1.807, 2.05) is 0 Å². The monoisotopic (exact) mass is 254 g/mol. The second-order valence-corrected chi connectivity index (χ2v) is 4.95. The van der Waals surface area contributed by atoms with E-state index >= 15 is 0 Å². The SMILES string of the molecule is O=C(OC1CCCC1)C(=O)C(=O)OC1CCCC1. The Balaban J connectivity index is 1.77. The Morgan fingerprint density at radius 3 is 1.33 bits per heavy atom. The lowest BCUT2D eigenvalue weighted by Gasteiger charge is -2.12. The average molecular weight is 254 g/mol. The maximum Gasteiger partial charge on any atom is 0.387 e. The lowest BCUT2D eigenvalue weighted by Crippen LogP contribution is -2.32. The van der Waals surface area contributed by atoms with Crippen LogP contribution in [-0.4, -0.2) is 29.9 Å². The number of ether oxygens (including phenoxy) is 2. The van der Waals surface area contributed by atoms with Crippen LogP contribution in [0.5, 0.6) is 0 Å². The van der Waals surface area contributed by atoms with E-state index in [0.29, 0.717) is 0 Å². The molecular weight excluding hydrogens is 236 g/mol. The summed E-state index contributed by atoms with van der Waals surface area (Å²) < 4.78 is 9.94. The van der Waals surface area contributed by atoms with Gasteiger partial charge < -0.3 is 9.47 Å². The topological polar surface area (TPSA) is 69.7 Å². The van der Waals surface area contributed by atoms with Crippen molar-refractivity contribution in [1.29, 1.82) is 0 Å². The molecule has 18 heavy (non-hydrogen) atoms. The van der Waals surface area contributed by atoms with Crippen molar-refractivity contribution in [2.24, 2.45) is 0 Å². The number of carbonyl (C=O) groups excluding carboxylic acids is 3. The van der Waals surface area contributed by atoms with Crippen molar-refractivity contribution in [2.45, 2.75) is 63.6 Å². The molecule has 2 aliphatic carbocycles. The van der Waals surface area contributed by atoms with Gasteiger partial charge in [0.15, 0.2) is 0 Å². The van der Waals surface area contributed by atoms with Crippen LogP contribution in [0.25, 0.3) is 0 Å². The molecule has 0 radical (unpaired) electrons. The molecule has 0 aliphatic heterocycles. The fraction of sp³-hybridized carbons (Fsp3) is 0.769. The van der Waals surface area contributed by atoms with Crippen molar-refractivity contribution in [1.82, 2.24) is 0 Å². The quantitative estimate of drug-likeness (QED) is 0.432. The van der Waals surface area contributed by atoms with Gasteiger partial charge >= 0.3 is 17.7 Å². The maximum atomic E-state index is 11.5. The van der Waals surface area contributed by atoms with Gasteiger partial charge in [-0.3, -0.25) is 4.79 Å². The Labute approximate surface area is 106 Å². The summed E-state index contributed by atoms with van der Waals surface area (Å²) in [5, 5.41) is 0. The molecule has 0 atom stereocenters. The molecule has 2 fully saturated rings. The van der Waals surface area contributed by atoms with Crippen molar-refractivity contribution in [3.8, 4) is 0 Å². The highest BCUT2D eigenvalue weighted by molar-refractivity contribution is 6.60. The predicted molar refractivity (Wildman–Crippen MR) is 61.7 cm³/mol. The van der Waals surface area contributed by atoms with Crippen molar-refractivity contribution in [2.75, 3.05) is 0 Å². The molecule has 0 spiro atoms. The van der Waals surface area contributed by atoms with Gasteiger partial charge in [-0.25, -0.2) is 9.59 Å². The van der Waals surface area contributed by atoms with Gasteiger partial charge in [0, 0.05) is 0 Å². The van der Waals surface area contributed by atoms with Crippen LogP contribution in [0.2, 0.25) is 0 Å². The Kier molecular flexibility index (Phi) is 4.33. The van der Waals surface area contributed by atoms with Crippen molar-refractivity contribution < 1.29 is 23.9 Å². The molecule has 0 heterocycles. The first-order valence-corrected chi connectivity index (χ1v) is 6.63. The maximum absolute atomic E-state index is 11.5. The second kappa shape index (κ2) is 5.98. The molecule has 0 amide bonds. The summed E-state index contributed by atoms with van der Waals surface area (Å²) in [5.41, 5.74) is 0. The Bertz CT molecular complexity index is 305. The number of ketones is 1. The normalized spacial score (nSPS) is 20.9. The summed E-state index contributed by atoms with van der Waals surface area (Å²) >= 11 is 0. The van der Waals surface area contributed by atoms with E-state index in [-0.39, 0.29) is 12.2 Å². The number of Topliss-reactive ketones (excluding diaryl/α,β-unsaturated/α-hetero) is 1. The minimum atomic E-state index is -1.17. The first kappa shape index (κ1) is 13.1. The zero-order chi connectivity index (χ0) is 13.0. The molecule has 2 saturated carbocycles. The van der Waals surface area contributed by atoms with E-state index < -0.39 is 17.7 Å². The van der Waals surface area contributed by atoms with Crippen molar-refractivity contribution in [3.63, 3.8) is 0 Å². The molecule has 100 valence electrons. The third-order valence-electron chi connectivity index (χ3n) is 3.52. The Morgan fingerprint density at radius 2 is 1.00 bits per heavy atom. The molecule has 5 heteroatoms.